The van der Waals surface area contributed by atoms with Crippen LogP contribution >= 0.6 is 0 Å². The number of rotatable bonds is 3. The summed E-state index contributed by atoms with van der Waals surface area (Å²) in [7, 11) is 0. The van der Waals surface area contributed by atoms with Gasteiger partial charge in [-0.3, -0.25) is 0 Å². The van der Waals surface area contributed by atoms with Gasteiger partial charge < -0.3 is 5.11 Å². The second-order valence-corrected chi connectivity index (χ2v) is 1.41. The standard InChI is InChI=1S/C6H5F2NO2/c7-4-9-5(8)2-1-3-6(10)11/h1-4H,(H,10,11). The molecule has 5 heteroatoms. The van der Waals surface area contributed by atoms with Crippen molar-refractivity contribution in [2.24, 2.45) is 4.99 Å². The normalized spacial score (nSPS) is 13.1. The number of carboxylic acids is 1. The Morgan fingerprint density at radius 3 is 2.64 bits per heavy atom. The van der Waals surface area contributed by atoms with Crippen LogP contribution in [-0.4, -0.2) is 17.5 Å². The molecule has 0 saturated heterocycles. The third-order valence-corrected chi connectivity index (χ3v) is 0.645. The summed E-state index contributed by atoms with van der Waals surface area (Å²) in [5.74, 6) is -2.30. The van der Waals surface area contributed by atoms with Gasteiger partial charge in [0.05, 0.1) is 0 Å². The highest BCUT2D eigenvalue weighted by Gasteiger charge is 1.85. The highest BCUT2D eigenvalue weighted by molar-refractivity contribution is 5.80. The third kappa shape index (κ3) is 6.36. The summed E-state index contributed by atoms with van der Waals surface area (Å²) >= 11 is 0. The third-order valence-electron chi connectivity index (χ3n) is 0.645. The van der Waals surface area contributed by atoms with Crippen LogP contribution in [-0.2, 0) is 4.79 Å². The van der Waals surface area contributed by atoms with E-state index < -0.39 is 11.9 Å². The van der Waals surface area contributed by atoms with Gasteiger partial charge in [0.15, 0.2) is 6.47 Å². The lowest BCUT2D eigenvalue weighted by atomic mass is 10.5. The largest absolute Gasteiger partial charge is 0.478 e. The fraction of sp³-hybridized carbons (Fsp3) is 0. The van der Waals surface area contributed by atoms with Gasteiger partial charge >= 0.3 is 5.97 Å². The molecule has 0 amide bonds. The van der Waals surface area contributed by atoms with Gasteiger partial charge in [-0.05, 0) is 6.08 Å². The molecule has 0 aliphatic heterocycles. The van der Waals surface area contributed by atoms with Crippen LogP contribution in [0, 0.1) is 0 Å². The number of aliphatic carboxylic acids is 1. The number of carbonyl (C=O) groups is 1. The Hall–Kier alpha value is -1.52. The van der Waals surface area contributed by atoms with Gasteiger partial charge in [0.1, 0.15) is 0 Å². The van der Waals surface area contributed by atoms with Crippen LogP contribution in [0.3, 0.4) is 0 Å². The Kier molecular flexibility index (Phi) is 4.55. The topological polar surface area (TPSA) is 49.7 Å². The van der Waals surface area contributed by atoms with E-state index in [4.69, 9.17) is 5.11 Å². The zero-order chi connectivity index (χ0) is 8.69. The van der Waals surface area contributed by atoms with Gasteiger partial charge in [0.25, 0.3) is 0 Å². The highest BCUT2D eigenvalue weighted by Crippen LogP contribution is 1.96. The predicted octanol–water partition coefficient (Wildman–Crippen LogP) is 1.44. The van der Waals surface area contributed by atoms with Gasteiger partial charge in [-0.25, -0.2) is 4.79 Å². The van der Waals surface area contributed by atoms with Crippen LogP contribution < -0.4 is 0 Å². The highest BCUT2D eigenvalue weighted by atomic mass is 19.1. The molecule has 1 N–H and O–H groups in total. The minimum absolute atomic E-state index is 0.222. The van der Waals surface area contributed by atoms with Gasteiger partial charge in [-0.15, -0.1) is 0 Å². The molecule has 11 heavy (non-hydrogen) atoms. The molecule has 0 radical (unpaired) electrons. The lowest BCUT2D eigenvalue weighted by Gasteiger charge is -1.79. The quantitative estimate of drug-likeness (QED) is 0.294. The van der Waals surface area contributed by atoms with E-state index in [1.807, 2.05) is 0 Å². The van der Waals surface area contributed by atoms with Crippen molar-refractivity contribution in [3.63, 3.8) is 0 Å². The molecular formula is C6H5F2NO2. The molecule has 0 fully saturated rings. The predicted molar refractivity (Wildman–Crippen MR) is 35.6 cm³/mol. The van der Waals surface area contributed by atoms with Crippen molar-refractivity contribution in [1.82, 2.24) is 0 Å². The Morgan fingerprint density at radius 2 is 2.18 bits per heavy atom. The number of hydrogen-bond acceptors (Lipinski definition) is 2. The van der Waals surface area contributed by atoms with Crippen LogP contribution in [0.4, 0.5) is 8.78 Å². The first-order valence-corrected chi connectivity index (χ1v) is 2.56. The molecule has 60 valence electrons. The second-order valence-electron chi connectivity index (χ2n) is 1.41. The lowest BCUT2D eigenvalue weighted by molar-refractivity contribution is -0.131. The second kappa shape index (κ2) is 5.28. The Labute approximate surface area is 61.4 Å². The van der Waals surface area contributed by atoms with E-state index in [2.05, 4.69) is 4.99 Å². The first kappa shape index (κ1) is 9.48. The molecular weight excluding hydrogens is 156 g/mol. The van der Waals surface area contributed by atoms with Crippen LogP contribution in [0.25, 0.3) is 0 Å². The Morgan fingerprint density at radius 1 is 1.55 bits per heavy atom. The maximum absolute atomic E-state index is 12.0. The number of halogens is 2. The molecule has 0 aliphatic rings. The van der Waals surface area contributed by atoms with Crippen LogP contribution in [0.5, 0.6) is 0 Å². The Balaban J connectivity index is 4.01. The summed E-state index contributed by atoms with van der Waals surface area (Å²) < 4.78 is 23.1. The molecule has 0 unspecified atom stereocenters. The molecule has 0 spiro atoms. The molecule has 0 heterocycles. The van der Waals surface area contributed by atoms with E-state index in [-0.39, 0.29) is 6.47 Å². The summed E-state index contributed by atoms with van der Waals surface area (Å²) in [6, 6.07) is 0. The maximum Gasteiger partial charge on any atom is 0.328 e. The van der Waals surface area contributed by atoms with Crippen LogP contribution in [0.15, 0.2) is 29.2 Å². The molecule has 0 saturated carbocycles. The molecule has 0 aromatic heterocycles. The minimum atomic E-state index is -1.21. The van der Waals surface area contributed by atoms with Crippen molar-refractivity contribution < 1.29 is 18.7 Å². The number of nitrogens with zero attached hydrogens (tertiary/aromatic N) is 1. The summed E-state index contributed by atoms with van der Waals surface area (Å²) in [4.78, 5) is 12.4. The minimum Gasteiger partial charge on any atom is -0.478 e. The van der Waals surface area contributed by atoms with Crippen molar-refractivity contribution >= 4 is 12.4 Å². The van der Waals surface area contributed by atoms with Gasteiger partial charge in [-0.1, -0.05) is 6.08 Å². The van der Waals surface area contributed by atoms with E-state index in [1.54, 1.807) is 0 Å². The van der Waals surface area contributed by atoms with Crippen LogP contribution in [0.2, 0.25) is 0 Å². The number of hydrogen-bond donors (Lipinski definition) is 1. The van der Waals surface area contributed by atoms with E-state index in [9.17, 15) is 13.6 Å². The fourth-order valence-corrected chi connectivity index (χ4v) is 0.299. The van der Waals surface area contributed by atoms with E-state index in [1.165, 1.54) is 0 Å². The van der Waals surface area contributed by atoms with E-state index in [0.29, 0.717) is 6.08 Å². The zero-order valence-electron chi connectivity index (χ0n) is 5.37. The average molecular weight is 161 g/mol. The van der Waals surface area contributed by atoms with Crippen LogP contribution in [0.1, 0.15) is 0 Å². The van der Waals surface area contributed by atoms with Crippen molar-refractivity contribution in [3.05, 3.63) is 24.2 Å². The monoisotopic (exact) mass is 161 g/mol. The van der Waals surface area contributed by atoms with E-state index in [0.717, 1.165) is 12.2 Å². The van der Waals surface area contributed by atoms with Gasteiger partial charge in [0.2, 0.25) is 5.95 Å². The first-order chi connectivity index (χ1) is 5.16. The summed E-state index contributed by atoms with van der Waals surface area (Å²) in [5, 5.41) is 8.01. The summed E-state index contributed by atoms with van der Waals surface area (Å²) in [6.07, 6.45) is 2.34. The van der Waals surface area contributed by atoms with Crippen molar-refractivity contribution in [2.45, 2.75) is 0 Å². The van der Waals surface area contributed by atoms with E-state index >= 15 is 0 Å². The fourth-order valence-electron chi connectivity index (χ4n) is 0.299. The molecule has 0 rings (SSSR count). The molecule has 0 atom stereocenters. The molecule has 3 nitrogen and oxygen atoms in total. The number of aliphatic imine (C=N–C) groups is 1. The summed E-state index contributed by atoms with van der Waals surface area (Å²) in [6.45, 7) is -0.222. The molecule has 0 bridgehead atoms. The zero-order valence-corrected chi connectivity index (χ0v) is 5.37. The number of carboxylic acid groups (broad SMARTS) is 1. The molecule has 0 aromatic rings. The van der Waals surface area contributed by atoms with Gasteiger partial charge in [0, 0.05) is 6.08 Å². The van der Waals surface area contributed by atoms with Crippen molar-refractivity contribution in [3.8, 4) is 0 Å². The van der Waals surface area contributed by atoms with Gasteiger partial charge in [-0.2, -0.15) is 13.8 Å². The average Bonchev–Trinajstić information content (AvgIpc) is 1.87. The Bertz CT molecular complexity index is 221. The number of allylic oxidation sites excluding steroid dienone is 2. The maximum atomic E-state index is 12.0. The first-order valence-electron chi connectivity index (χ1n) is 2.56. The lowest BCUT2D eigenvalue weighted by Crippen LogP contribution is -1.84. The SMILES string of the molecule is O=C(O)C=CC=C(F)N=CF. The summed E-state index contributed by atoms with van der Waals surface area (Å²) in [5.41, 5.74) is 0. The van der Waals surface area contributed by atoms with Crippen molar-refractivity contribution in [1.29, 1.82) is 0 Å². The smallest absolute Gasteiger partial charge is 0.328 e. The molecule has 0 aliphatic carbocycles. The van der Waals surface area contributed by atoms with Crippen molar-refractivity contribution in [2.75, 3.05) is 0 Å². The molecule has 0 aromatic carbocycles.